The van der Waals surface area contributed by atoms with E-state index in [0.29, 0.717) is 18.7 Å². The second-order valence-corrected chi connectivity index (χ2v) is 10.2. The van der Waals surface area contributed by atoms with E-state index >= 15 is 0 Å². The summed E-state index contributed by atoms with van der Waals surface area (Å²) in [5, 5.41) is 0.217. The van der Waals surface area contributed by atoms with Gasteiger partial charge in [0.15, 0.2) is 5.04 Å². The molecule has 2 bridgehead atoms. The van der Waals surface area contributed by atoms with Crippen molar-refractivity contribution in [2.75, 3.05) is 6.54 Å². The van der Waals surface area contributed by atoms with Crippen LogP contribution in [0.15, 0.2) is 23.3 Å². The van der Waals surface area contributed by atoms with E-state index in [-0.39, 0.29) is 21.9 Å². The van der Waals surface area contributed by atoms with E-state index in [9.17, 15) is 8.42 Å². The molecule has 2 aliphatic heterocycles. The number of rotatable bonds is 1. The Morgan fingerprint density at radius 3 is 2.83 bits per heavy atom. The second-order valence-electron chi connectivity index (χ2n) is 8.38. The third-order valence-corrected chi connectivity index (χ3v) is 7.30. The number of pyridine rings is 1. The first-order chi connectivity index (χ1) is 10.7. The third-order valence-electron chi connectivity index (χ3n) is 5.41. The van der Waals surface area contributed by atoms with Crippen LogP contribution < -0.4 is 0 Å². The fraction of sp³-hybridized carbons (Fsp3) is 0.647. The van der Waals surface area contributed by atoms with E-state index in [2.05, 4.69) is 30.7 Å². The van der Waals surface area contributed by atoms with Crippen LogP contribution in [0.2, 0.25) is 0 Å². The minimum Gasteiger partial charge on any atom is -0.265 e. The smallest absolute Gasteiger partial charge is 0.261 e. The highest BCUT2D eigenvalue weighted by molar-refractivity contribution is 8.05. The molecular weight excluding hydrogens is 310 g/mol. The Kier molecular flexibility index (Phi) is 3.08. The number of hydrogen-bond donors (Lipinski definition) is 0. The number of hydrogen-bond acceptors (Lipinski definition) is 4. The molecule has 1 saturated heterocycles. The van der Waals surface area contributed by atoms with Crippen LogP contribution in [0.25, 0.3) is 0 Å². The molecule has 1 saturated carbocycles. The highest BCUT2D eigenvalue weighted by Crippen LogP contribution is 2.53. The van der Waals surface area contributed by atoms with E-state index in [1.54, 1.807) is 16.6 Å². The fourth-order valence-electron chi connectivity index (χ4n) is 5.01. The molecule has 4 rings (SSSR count). The van der Waals surface area contributed by atoms with Gasteiger partial charge in [0, 0.05) is 24.3 Å². The summed E-state index contributed by atoms with van der Waals surface area (Å²) >= 11 is 0. The molecule has 0 N–H and O–H groups in total. The van der Waals surface area contributed by atoms with Crippen molar-refractivity contribution in [1.82, 2.24) is 9.29 Å². The van der Waals surface area contributed by atoms with Crippen LogP contribution in [-0.4, -0.2) is 35.3 Å². The van der Waals surface area contributed by atoms with Gasteiger partial charge in [-0.3, -0.25) is 9.98 Å². The molecule has 1 aromatic heterocycles. The van der Waals surface area contributed by atoms with Crippen molar-refractivity contribution in [2.24, 2.45) is 15.8 Å². The van der Waals surface area contributed by atoms with Gasteiger partial charge in [-0.1, -0.05) is 20.8 Å². The van der Waals surface area contributed by atoms with Crippen molar-refractivity contribution >= 4 is 15.1 Å². The quantitative estimate of drug-likeness (QED) is 0.793. The summed E-state index contributed by atoms with van der Waals surface area (Å²) in [6, 6.07) is 3.69. The predicted octanol–water partition coefficient (Wildman–Crippen LogP) is 2.57. The Balaban J connectivity index is 1.72. The van der Waals surface area contributed by atoms with Crippen molar-refractivity contribution in [1.29, 1.82) is 0 Å². The van der Waals surface area contributed by atoms with E-state index in [1.165, 1.54) is 0 Å². The van der Waals surface area contributed by atoms with Crippen molar-refractivity contribution in [3.63, 3.8) is 0 Å². The Bertz CT molecular complexity index is 800. The zero-order chi connectivity index (χ0) is 16.5. The molecule has 2 fully saturated rings. The van der Waals surface area contributed by atoms with Gasteiger partial charge in [0.05, 0.1) is 12.2 Å². The van der Waals surface area contributed by atoms with Gasteiger partial charge in [0.2, 0.25) is 0 Å². The first kappa shape index (κ1) is 15.3. The number of aromatic nitrogens is 1. The molecule has 6 heteroatoms. The maximum Gasteiger partial charge on any atom is 0.261 e. The highest BCUT2D eigenvalue weighted by Gasteiger charge is 2.54. The van der Waals surface area contributed by atoms with Gasteiger partial charge in [-0.05, 0) is 42.2 Å². The molecule has 23 heavy (non-hydrogen) atoms. The predicted molar refractivity (Wildman–Crippen MR) is 89.6 cm³/mol. The monoisotopic (exact) mass is 333 g/mol. The van der Waals surface area contributed by atoms with Gasteiger partial charge < -0.3 is 0 Å². The molecule has 3 aliphatic rings. The van der Waals surface area contributed by atoms with E-state index in [1.807, 2.05) is 6.07 Å². The first-order valence-electron chi connectivity index (χ1n) is 8.21. The summed E-state index contributed by atoms with van der Waals surface area (Å²) in [6.07, 6.45) is 4.65. The molecule has 1 aromatic rings. The Hall–Kier alpha value is -1.27. The largest absolute Gasteiger partial charge is 0.265 e. The molecule has 0 aromatic carbocycles. The topological polar surface area (TPSA) is 62.6 Å². The lowest BCUT2D eigenvalue weighted by atomic mass is 9.65. The molecule has 124 valence electrons. The van der Waals surface area contributed by atoms with Crippen molar-refractivity contribution in [3.05, 3.63) is 29.6 Å². The van der Waals surface area contributed by atoms with Gasteiger partial charge in [0.25, 0.3) is 10.0 Å². The number of sulfonamides is 1. The average molecular weight is 333 g/mol. The molecule has 3 heterocycles. The number of aliphatic imine (C=N–C) groups is 1. The molecule has 2 atom stereocenters. The average Bonchev–Trinajstić information content (AvgIpc) is 2.97. The molecular formula is C17H23N3O2S. The standard InChI is InChI=1S/C17H23N3O2S/c1-16(2)7-12-8-17(3,10-16)11-20(12)23(21,22)15-13-5-4-6-18-14(13)9-19-15/h4-6,12H,7-11H2,1-3H3/t12?,17-/m0/s1. The molecule has 5 nitrogen and oxygen atoms in total. The third kappa shape index (κ3) is 2.34. The lowest BCUT2D eigenvalue weighted by Gasteiger charge is -2.39. The minimum absolute atomic E-state index is 0.0798. The number of nitrogens with zero attached hydrogens (tertiary/aromatic N) is 3. The molecule has 1 aliphatic carbocycles. The van der Waals surface area contributed by atoms with E-state index < -0.39 is 10.0 Å². The maximum atomic E-state index is 13.3. The van der Waals surface area contributed by atoms with E-state index in [0.717, 1.165) is 25.0 Å². The lowest BCUT2D eigenvalue weighted by Crippen LogP contribution is -2.41. The summed E-state index contributed by atoms with van der Waals surface area (Å²) in [5.74, 6) is 0. The summed E-state index contributed by atoms with van der Waals surface area (Å²) in [6.45, 7) is 7.70. The SMILES string of the molecule is CC1(C)CC2C[C@](C)(CN2S(=O)(=O)C2=NCc3ncccc32)C1. The lowest BCUT2D eigenvalue weighted by molar-refractivity contribution is 0.133. The Labute approximate surface area is 137 Å². The van der Waals surface area contributed by atoms with E-state index in [4.69, 9.17) is 0 Å². The number of fused-ring (bicyclic) bond motifs is 3. The molecule has 0 spiro atoms. The Morgan fingerprint density at radius 1 is 1.26 bits per heavy atom. The fourth-order valence-corrected chi connectivity index (χ4v) is 6.95. The summed E-state index contributed by atoms with van der Waals surface area (Å²) < 4.78 is 28.2. The van der Waals surface area contributed by atoms with Crippen LogP contribution in [0.4, 0.5) is 0 Å². The molecule has 0 amide bonds. The van der Waals surface area contributed by atoms with Gasteiger partial charge in [0.1, 0.15) is 0 Å². The summed E-state index contributed by atoms with van der Waals surface area (Å²) in [4.78, 5) is 8.57. The summed E-state index contributed by atoms with van der Waals surface area (Å²) in [5.41, 5.74) is 1.72. The highest BCUT2D eigenvalue weighted by atomic mass is 32.2. The van der Waals surface area contributed by atoms with Crippen LogP contribution >= 0.6 is 0 Å². The van der Waals surface area contributed by atoms with Gasteiger partial charge in [-0.15, -0.1) is 0 Å². The minimum atomic E-state index is -3.55. The molecule has 0 radical (unpaired) electrons. The van der Waals surface area contributed by atoms with Gasteiger partial charge in [-0.25, -0.2) is 8.42 Å². The van der Waals surface area contributed by atoms with Crippen molar-refractivity contribution in [3.8, 4) is 0 Å². The summed E-state index contributed by atoms with van der Waals surface area (Å²) in [7, 11) is -3.55. The van der Waals surface area contributed by atoms with Crippen molar-refractivity contribution in [2.45, 2.75) is 52.6 Å². The van der Waals surface area contributed by atoms with Gasteiger partial charge in [-0.2, -0.15) is 4.31 Å². The Morgan fingerprint density at radius 2 is 2.04 bits per heavy atom. The first-order valence-corrected chi connectivity index (χ1v) is 9.65. The van der Waals surface area contributed by atoms with Gasteiger partial charge >= 0.3 is 0 Å². The zero-order valence-corrected chi connectivity index (χ0v) is 14.7. The second kappa shape index (κ2) is 4.63. The molecule has 1 unspecified atom stereocenters. The zero-order valence-electron chi connectivity index (χ0n) is 13.9. The van der Waals surface area contributed by atoms with Crippen LogP contribution in [0.3, 0.4) is 0 Å². The van der Waals surface area contributed by atoms with Crippen LogP contribution in [0.5, 0.6) is 0 Å². The van der Waals surface area contributed by atoms with Crippen molar-refractivity contribution < 1.29 is 8.42 Å². The van der Waals surface area contributed by atoms with Crippen LogP contribution in [-0.2, 0) is 16.6 Å². The van der Waals surface area contributed by atoms with Crippen LogP contribution in [0.1, 0.15) is 51.3 Å². The maximum absolute atomic E-state index is 13.3. The normalized spacial score (nSPS) is 32.7. The van der Waals surface area contributed by atoms with Crippen LogP contribution in [0, 0.1) is 10.8 Å².